The van der Waals surface area contributed by atoms with Gasteiger partial charge in [0.25, 0.3) is 0 Å². The second kappa shape index (κ2) is 16.3. The monoisotopic (exact) mass is 666 g/mol. The Morgan fingerprint density at radius 2 is 1.79 bits per heavy atom. The number of nitrogens with one attached hydrogen (secondary N) is 2. The first kappa shape index (κ1) is 33.1. The second-order valence-electron chi connectivity index (χ2n) is 9.53. The van der Waals surface area contributed by atoms with Crippen molar-refractivity contribution in [2.24, 2.45) is 5.92 Å². The summed E-state index contributed by atoms with van der Waals surface area (Å²) in [4.78, 5) is 34.4. The molecule has 13 heteroatoms. The van der Waals surface area contributed by atoms with E-state index < -0.39 is 12.1 Å². The van der Waals surface area contributed by atoms with Crippen LogP contribution in [0, 0.1) is 5.92 Å². The summed E-state index contributed by atoms with van der Waals surface area (Å²) in [7, 11) is 0. The first-order chi connectivity index (χ1) is 20.0. The van der Waals surface area contributed by atoms with E-state index >= 15 is 0 Å². The molecule has 3 aromatic rings. The third-order valence-electron chi connectivity index (χ3n) is 6.32. The molecule has 0 aliphatic carbocycles. The number of anilines is 1. The lowest BCUT2D eigenvalue weighted by atomic mass is 9.90. The molecule has 0 radical (unpaired) electrons. The summed E-state index contributed by atoms with van der Waals surface area (Å²) in [5.74, 6) is -2.80. The largest absolute Gasteiger partial charge is 0.490 e. The van der Waals surface area contributed by atoms with Gasteiger partial charge in [-0.05, 0) is 61.9 Å². The molecule has 42 heavy (non-hydrogen) atoms. The lowest BCUT2D eigenvalue weighted by molar-refractivity contribution is -0.192. The average Bonchev–Trinajstić information content (AvgIpc) is 3.44. The number of rotatable bonds is 10. The highest BCUT2D eigenvalue weighted by Gasteiger charge is 2.38. The highest BCUT2D eigenvalue weighted by molar-refractivity contribution is 9.10. The molecule has 2 heterocycles. The number of aromatic nitrogens is 2. The van der Waals surface area contributed by atoms with Gasteiger partial charge in [0, 0.05) is 16.5 Å². The molecule has 1 fully saturated rings. The minimum atomic E-state index is -5.08. The number of aliphatic carboxylic acids is 1. The number of amides is 1. The third-order valence-corrected chi connectivity index (χ3v) is 7.73. The van der Waals surface area contributed by atoms with Crippen LogP contribution in [0.4, 0.5) is 18.3 Å². The maximum absolute atomic E-state index is 12.9. The number of carbonyl (C=O) groups is 3. The lowest BCUT2D eigenvalue weighted by Gasteiger charge is -2.23. The summed E-state index contributed by atoms with van der Waals surface area (Å²) in [5, 5.41) is 22.7. The number of piperidine rings is 1. The minimum Gasteiger partial charge on any atom is -0.475 e. The van der Waals surface area contributed by atoms with Gasteiger partial charge in [-0.1, -0.05) is 82.2 Å². The molecular weight excluding hydrogens is 637 g/mol. The predicted octanol–water partition coefficient (Wildman–Crippen LogP) is 6.45. The number of hydrogen-bond acceptors (Lipinski definition) is 7. The van der Waals surface area contributed by atoms with Crippen LogP contribution in [0.25, 0.3) is 10.6 Å². The van der Waals surface area contributed by atoms with Crippen LogP contribution >= 0.6 is 27.3 Å². The van der Waals surface area contributed by atoms with Crippen molar-refractivity contribution in [3.05, 3.63) is 76.8 Å². The molecule has 0 bridgehead atoms. The number of alkyl halides is 3. The molecule has 224 valence electrons. The number of hydrogen-bond donors (Lipinski definition) is 3. The van der Waals surface area contributed by atoms with E-state index in [4.69, 9.17) is 9.90 Å². The zero-order chi connectivity index (χ0) is 30.5. The van der Waals surface area contributed by atoms with Gasteiger partial charge in [0.15, 0.2) is 0 Å². The summed E-state index contributed by atoms with van der Waals surface area (Å²) < 4.78 is 32.7. The number of halogens is 4. The van der Waals surface area contributed by atoms with E-state index in [1.165, 1.54) is 23.0 Å². The molecule has 1 saturated heterocycles. The Hall–Kier alpha value is -3.42. The van der Waals surface area contributed by atoms with Crippen molar-refractivity contribution < 1.29 is 32.7 Å². The quantitative estimate of drug-likeness (QED) is 0.213. The van der Waals surface area contributed by atoms with Gasteiger partial charge < -0.3 is 10.4 Å². The van der Waals surface area contributed by atoms with Crippen molar-refractivity contribution >= 4 is 50.1 Å². The van der Waals surface area contributed by atoms with Crippen LogP contribution in [0.5, 0.6) is 0 Å². The molecule has 2 aromatic carbocycles. The van der Waals surface area contributed by atoms with Crippen molar-refractivity contribution in [1.82, 2.24) is 15.5 Å². The highest BCUT2D eigenvalue weighted by atomic mass is 79.9. The molecular formula is C29H30BrF3N4O4S. The topological polar surface area (TPSA) is 121 Å². The Morgan fingerprint density at radius 1 is 1.10 bits per heavy atom. The van der Waals surface area contributed by atoms with Gasteiger partial charge in [0.1, 0.15) is 10.8 Å². The van der Waals surface area contributed by atoms with Crippen molar-refractivity contribution in [3.8, 4) is 10.6 Å². The molecule has 0 unspecified atom stereocenters. The number of carbonyl (C=O) groups excluding carboxylic acids is 2. The standard InChI is InChI=1S/C27H29BrN4O2S.C2HF3O2/c28-22-14-12-21(13-15-22)26-31-32-27(35-26)30-25(34)16-11-20(10-9-19-6-2-1-3-7-19)18-24(33)23-8-4-5-17-29-23;3-2(4,5)1(6)7/h1-3,6-7,11-16,20,23,29H,4-5,8-10,17-18H2,(H,30,32,34);(H,6,7)/b16-11+;/t20-,23-;/m0./s1. The van der Waals surface area contributed by atoms with E-state index in [0.717, 1.165) is 53.7 Å². The molecule has 1 aliphatic rings. The molecule has 8 nitrogen and oxygen atoms in total. The normalized spacial score (nSPS) is 15.9. The van der Waals surface area contributed by atoms with Crippen LogP contribution in [0.15, 0.2) is 71.2 Å². The average molecular weight is 668 g/mol. The van der Waals surface area contributed by atoms with Crippen molar-refractivity contribution in [2.75, 3.05) is 11.9 Å². The number of Topliss-reactive ketones (excluding diaryl/α,β-unsaturated/α-hetero) is 1. The van der Waals surface area contributed by atoms with E-state index in [0.29, 0.717) is 11.6 Å². The van der Waals surface area contributed by atoms with Crippen LogP contribution in [0.2, 0.25) is 0 Å². The molecule has 2 atom stereocenters. The number of carboxylic acid groups (broad SMARTS) is 1. The molecule has 1 aromatic heterocycles. The Labute approximate surface area is 253 Å². The van der Waals surface area contributed by atoms with Crippen LogP contribution in [-0.4, -0.2) is 51.7 Å². The summed E-state index contributed by atoms with van der Waals surface area (Å²) >= 11 is 4.75. The number of benzene rings is 2. The van der Waals surface area contributed by atoms with Crippen molar-refractivity contribution in [2.45, 2.75) is 50.7 Å². The highest BCUT2D eigenvalue weighted by Crippen LogP contribution is 2.27. The van der Waals surface area contributed by atoms with Crippen molar-refractivity contribution in [1.29, 1.82) is 0 Å². The summed E-state index contributed by atoms with van der Waals surface area (Å²) in [5.41, 5.74) is 2.17. The predicted molar refractivity (Wildman–Crippen MR) is 158 cm³/mol. The first-order valence-corrected chi connectivity index (χ1v) is 14.8. The molecule has 1 aliphatic heterocycles. The molecule has 1 amide bonds. The fraction of sp³-hybridized carbons (Fsp3) is 0.345. The van der Waals surface area contributed by atoms with E-state index in [2.05, 4.69) is 48.9 Å². The third kappa shape index (κ3) is 11.5. The summed E-state index contributed by atoms with van der Waals surface area (Å²) in [6, 6.07) is 18.0. The maximum Gasteiger partial charge on any atom is 0.490 e. The summed E-state index contributed by atoms with van der Waals surface area (Å²) in [6.45, 7) is 0.896. The Balaban J connectivity index is 0.000000616. The minimum absolute atomic E-state index is 0.00932. The molecule has 3 N–H and O–H groups in total. The molecule has 4 rings (SSSR count). The van der Waals surface area contributed by atoms with E-state index in [1.807, 2.05) is 48.5 Å². The van der Waals surface area contributed by atoms with Crippen LogP contribution in [0.1, 0.15) is 37.7 Å². The fourth-order valence-corrected chi connectivity index (χ4v) is 5.16. The Bertz CT molecular complexity index is 1340. The number of ketones is 1. The second-order valence-corrected chi connectivity index (χ2v) is 11.4. The van der Waals surface area contributed by atoms with Gasteiger partial charge in [0.05, 0.1) is 6.04 Å². The van der Waals surface area contributed by atoms with Gasteiger partial charge in [-0.25, -0.2) is 4.79 Å². The van der Waals surface area contributed by atoms with E-state index in [-0.39, 0.29) is 23.7 Å². The summed E-state index contributed by atoms with van der Waals surface area (Å²) in [6.07, 6.45) is 3.51. The number of aryl methyl sites for hydroxylation is 1. The fourth-order valence-electron chi connectivity index (χ4n) is 4.14. The van der Waals surface area contributed by atoms with E-state index in [9.17, 15) is 22.8 Å². The van der Waals surface area contributed by atoms with Crippen LogP contribution in [0.3, 0.4) is 0 Å². The Kier molecular flexibility index (Phi) is 12.8. The molecule has 0 saturated carbocycles. The smallest absolute Gasteiger partial charge is 0.475 e. The molecule has 0 spiro atoms. The zero-order valence-corrected chi connectivity index (χ0v) is 24.8. The van der Waals surface area contributed by atoms with Crippen molar-refractivity contribution in [3.63, 3.8) is 0 Å². The van der Waals surface area contributed by atoms with E-state index in [1.54, 1.807) is 0 Å². The van der Waals surface area contributed by atoms with Gasteiger partial charge >= 0.3 is 12.1 Å². The number of carboxylic acids is 1. The van der Waals surface area contributed by atoms with Crippen LogP contribution in [-0.2, 0) is 20.8 Å². The Morgan fingerprint density at radius 3 is 2.40 bits per heavy atom. The first-order valence-electron chi connectivity index (χ1n) is 13.2. The van der Waals surface area contributed by atoms with Gasteiger partial charge in [-0.2, -0.15) is 13.2 Å². The number of nitrogens with zero attached hydrogens (tertiary/aromatic N) is 2. The number of allylic oxidation sites excluding steroid dienone is 1. The van der Waals surface area contributed by atoms with Gasteiger partial charge in [-0.15, -0.1) is 10.2 Å². The van der Waals surface area contributed by atoms with Gasteiger partial charge in [0.2, 0.25) is 11.0 Å². The SMILES string of the molecule is O=C(/C=C/[C@H](CCc1ccccc1)CC(=O)[C@@H]1CCCCN1)Nc1nnc(-c2ccc(Br)cc2)s1.O=C(O)C(F)(F)F. The van der Waals surface area contributed by atoms with Gasteiger partial charge in [-0.3, -0.25) is 14.9 Å². The maximum atomic E-state index is 12.9. The van der Waals surface area contributed by atoms with Crippen LogP contribution < -0.4 is 10.6 Å². The lowest BCUT2D eigenvalue weighted by Crippen LogP contribution is -2.41. The zero-order valence-electron chi connectivity index (χ0n) is 22.4.